The van der Waals surface area contributed by atoms with Crippen LogP contribution >= 0.6 is 11.6 Å². The fraction of sp³-hybridized carbons (Fsp3) is 0.500. The van der Waals surface area contributed by atoms with E-state index in [1.165, 1.54) is 12.8 Å². The molecule has 1 aliphatic heterocycles. The largest absolute Gasteiger partial charge is 0.342 e. The van der Waals surface area contributed by atoms with E-state index in [2.05, 4.69) is 0 Å². The molecular weight excluding hydrogens is 234 g/mol. The van der Waals surface area contributed by atoms with Crippen LogP contribution in [0.2, 0.25) is 5.02 Å². The molecule has 0 unspecified atom stereocenters. The molecule has 3 heteroatoms. The highest BCUT2D eigenvalue weighted by atomic mass is 35.5. The predicted octanol–water partition coefficient (Wildman–Crippen LogP) is 3.60. The lowest BCUT2D eigenvalue weighted by molar-refractivity contribution is -0.133. The minimum absolute atomic E-state index is 0.179. The maximum atomic E-state index is 11.3. The second kappa shape index (κ2) is 7.33. The van der Waals surface area contributed by atoms with Crippen molar-refractivity contribution in [2.45, 2.75) is 26.7 Å². The number of hydrogen-bond acceptors (Lipinski definition) is 1. The van der Waals surface area contributed by atoms with E-state index in [9.17, 15) is 4.79 Å². The number of carbonyl (C=O) groups excluding carboxylic acids is 1. The molecule has 0 aliphatic carbocycles. The number of likely N-dealkylation sites (tertiary alicyclic amines) is 1. The first-order chi connectivity index (χ1) is 8.11. The number of benzene rings is 1. The SMILES string of the molecule is CC(C)C(=O)N1CCCC1.Clc1ccccc1. The Morgan fingerprint density at radius 2 is 1.71 bits per heavy atom. The summed E-state index contributed by atoms with van der Waals surface area (Å²) in [6, 6.07) is 9.44. The van der Waals surface area contributed by atoms with Crippen LogP contribution < -0.4 is 0 Å². The van der Waals surface area contributed by atoms with Crippen LogP contribution in [0.4, 0.5) is 0 Å². The number of amides is 1. The Balaban J connectivity index is 0.000000181. The van der Waals surface area contributed by atoms with Gasteiger partial charge >= 0.3 is 0 Å². The summed E-state index contributed by atoms with van der Waals surface area (Å²) in [5, 5.41) is 0.794. The van der Waals surface area contributed by atoms with Crippen LogP contribution in [-0.2, 0) is 4.79 Å². The van der Waals surface area contributed by atoms with Crippen molar-refractivity contribution in [2.24, 2.45) is 5.92 Å². The molecule has 0 aromatic heterocycles. The molecule has 0 bridgehead atoms. The van der Waals surface area contributed by atoms with Crippen molar-refractivity contribution in [3.05, 3.63) is 35.4 Å². The highest BCUT2D eigenvalue weighted by Crippen LogP contribution is 2.10. The van der Waals surface area contributed by atoms with Gasteiger partial charge in [0.15, 0.2) is 0 Å². The van der Waals surface area contributed by atoms with E-state index in [4.69, 9.17) is 11.6 Å². The third kappa shape index (κ3) is 5.22. The summed E-state index contributed by atoms with van der Waals surface area (Å²) in [4.78, 5) is 13.2. The molecule has 2 rings (SSSR count). The lowest BCUT2D eigenvalue weighted by atomic mass is 10.2. The molecule has 1 saturated heterocycles. The van der Waals surface area contributed by atoms with Gasteiger partial charge in [-0.3, -0.25) is 4.79 Å². The van der Waals surface area contributed by atoms with Crippen LogP contribution in [0.5, 0.6) is 0 Å². The minimum Gasteiger partial charge on any atom is -0.342 e. The monoisotopic (exact) mass is 253 g/mol. The van der Waals surface area contributed by atoms with Crippen LogP contribution in [0.25, 0.3) is 0 Å². The maximum Gasteiger partial charge on any atom is 0.225 e. The van der Waals surface area contributed by atoms with Gasteiger partial charge in [-0.25, -0.2) is 0 Å². The number of hydrogen-bond donors (Lipinski definition) is 0. The summed E-state index contributed by atoms with van der Waals surface area (Å²) < 4.78 is 0. The molecule has 0 N–H and O–H groups in total. The molecule has 17 heavy (non-hydrogen) atoms. The van der Waals surface area contributed by atoms with Crippen molar-refractivity contribution < 1.29 is 4.79 Å². The first-order valence-electron chi connectivity index (χ1n) is 6.10. The average Bonchev–Trinajstić information content (AvgIpc) is 2.83. The molecule has 0 radical (unpaired) electrons. The Morgan fingerprint density at radius 3 is 2.06 bits per heavy atom. The van der Waals surface area contributed by atoms with Crippen molar-refractivity contribution in [1.82, 2.24) is 4.90 Å². The molecule has 2 nitrogen and oxygen atoms in total. The van der Waals surface area contributed by atoms with Gasteiger partial charge < -0.3 is 4.90 Å². The Morgan fingerprint density at radius 1 is 1.18 bits per heavy atom. The first kappa shape index (κ1) is 14.0. The fourth-order valence-corrected chi connectivity index (χ4v) is 1.86. The van der Waals surface area contributed by atoms with E-state index in [0.29, 0.717) is 5.91 Å². The Hall–Kier alpha value is -1.02. The predicted molar refractivity (Wildman–Crippen MR) is 72.1 cm³/mol. The molecule has 0 atom stereocenters. The average molecular weight is 254 g/mol. The highest BCUT2D eigenvalue weighted by molar-refractivity contribution is 6.30. The zero-order valence-electron chi connectivity index (χ0n) is 10.5. The van der Waals surface area contributed by atoms with Crippen molar-refractivity contribution in [3.63, 3.8) is 0 Å². The molecule has 1 aromatic carbocycles. The molecular formula is C14H20ClNO. The lowest BCUT2D eigenvalue weighted by Gasteiger charge is -2.17. The fourth-order valence-electron chi connectivity index (χ4n) is 1.72. The zero-order chi connectivity index (χ0) is 12.7. The summed E-state index contributed by atoms with van der Waals surface area (Å²) in [6.07, 6.45) is 2.39. The number of rotatable bonds is 1. The third-order valence-electron chi connectivity index (χ3n) is 2.64. The summed E-state index contributed by atoms with van der Waals surface area (Å²) in [5.74, 6) is 0.496. The maximum absolute atomic E-state index is 11.3. The molecule has 1 amide bonds. The van der Waals surface area contributed by atoms with Gasteiger partial charge in [-0.2, -0.15) is 0 Å². The Kier molecular flexibility index (Phi) is 6.06. The Bertz CT molecular complexity index is 331. The summed E-state index contributed by atoms with van der Waals surface area (Å²) >= 11 is 5.54. The van der Waals surface area contributed by atoms with Gasteiger partial charge in [0.1, 0.15) is 0 Å². The highest BCUT2D eigenvalue weighted by Gasteiger charge is 2.19. The second-order valence-corrected chi connectivity index (χ2v) is 4.92. The molecule has 0 spiro atoms. The second-order valence-electron chi connectivity index (χ2n) is 4.48. The molecule has 1 aromatic rings. The van der Waals surface area contributed by atoms with E-state index >= 15 is 0 Å². The number of nitrogens with zero attached hydrogens (tertiary/aromatic N) is 1. The number of halogens is 1. The van der Waals surface area contributed by atoms with Crippen molar-refractivity contribution in [1.29, 1.82) is 0 Å². The van der Waals surface area contributed by atoms with Gasteiger partial charge in [0.25, 0.3) is 0 Å². The van der Waals surface area contributed by atoms with Gasteiger partial charge in [-0.15, -0.1) is 0 Å². The summed E-state index contributed by atoms with van der Waals surface area (Å²) in [6.45, 7) is 5.88. The van der Waals surface area contributed by atoms with Crippen molar-refractivity contribution in [3.8, 4) is 0 Å². The quantitative estimate of drug-likeness (QED) is 0.749. The molecule has 1 fully saturated rings. The van der Waals surface area contributed by atoms with E-state index in [0.717, 1.165) is 18.1 Å². The van der Waals surface area contributed by atoms with Gasteiger partial charge in [0.2, 0.25) is 5.91 Å². The standard InChI is InChI=1S/C8H15NO.C6H5Cl/c1-7(2)8(10)9-5-3-4-6-9;7-6-4-2-1-3-5-6/h7H,3-6H2,1-2H3;1-5H. The minimum atomic E-state index is 0.179. The van der Waals surface area contributed by atoms with Crippen LogP contribution in [-0.4, -0.2) is 23.9 Å². The summed E-state index contributed by atoms with van der Waals surface area (Å²) in [7, 11) is 0. The zero-order valence-corrected chi connectivity index (χ0v) is 11.3. The molecule has 1 heterocycles. The van der Waals surface area contributed by atoms with Gasteiger partial charge in [0.05, 0.1) is 0 Å². The van der Waals surface area contributed by atoms with Crippen LogP contribution in [0, 0.1) is 5.92 Å². The van der Waals surface area contributed by atoms with E-state index in [1.54, 1.807) is 0 Å². The summed E-state index contributed by atoms with van der Waals surface area (Å²) in [5.41, 5.74) is 0. The molecule has 0 saturated carbocycles. The van der Waals surface area contributed by atoms with Crippen LogP contribution in [0.15, 0.2) is 30.3 Å². The van der Waals surface area contributed by atoms with Gasteiger partial charge in [0, 0.05) is 24.0 Å². The topological polar surface area (TPSA) is 20.3 Å². The smallest absolute Gasteiger partial charge is 0.225 e. The van der Waals surface area contributed by atoms with Crippen LogP contribution in [0.1, 0.15) is 26.7 Å². The lowest BCUT2D eigenvalue weighted by Crippen LogP contribution is -2.31. The number of carbonyl (C=O) groups is 1. The first-order valence-corrected chi connectivity index (χ1v) is 6.48. The van der Waals surface area contributed by atoms with Crippen molar-refractivity contribution >= 4 is 17.5 Å². The molecule has 1 aliphatic rings. The third-order valence-corrected chi connectivity index (χ3v) is 2.90. The van der Waals surface area contributed by atoms with E-state index < -0.39 is 0 Å². The van der Waals surface area contributed by atoms with E-state index in [-0.39, 0.29) is 5.92 Å². The van der Waals surface area contributed by atoms with Crippen LogP contribution in [0.3, 0.4) is 0 Å². The Labute approximate surface area is 109 Å². The molecule has 94 valence electrons. The van der Waals surface area contributed by atoms with E-state index in [1.807, 2.05) is 49.1 Å². The normalized spacial score (nSPS) is 14.5. The van der Waals surface area contributed by atoms with Crippen molar-refractivity contribution in [2.75, 3.05) is 13.1 Å². The van der Waals surface area contributed by atoms with Gasteiger partial charge in [-0.05, 0) is 25.0 Å². The van der Waals surface area contributed by atoms with Gasteiger partial charge in [-0.1, -0.05) is 43.6 Å².